The van der Waals surface area contributed by atoms with Crippen LogP contribution in [0.25, 0.3) is 6.08 Å². The quantitative estimate of drug-likeness (QED) is 0.411. The standard InChI is InChI=1S/C15H21NO4/c1-4-5-6-10-20-14-9-7-8-13(15(14)19-3)11-12(2)16(17)18/h7-9,11H,4-6,10H2,1-3H3/b12-11+. The van der Waals surface area contributed by atoms with Crippen LogP contribution in [0, 0.1) is 10.1 Å². The molecule has 0 saturated heterocycles. The number of nitrogens with zero attached hydrogens (tertiary/aromatic N) is 1. The number of hydrogen-bond donors (Lipinski definition) is 0. The summed E-state index contributed by atoms with van der Waals surface area (Å²) in [5, 5.41) is 10.7. The van der Waals surface area contributed by atoms with Crippen molar-refractivity contribution >= 4 is 6.08 Å². The van der Waals surface area contributed by atoms with E-state index in [2.05, 4.69) is 6.92 Å². The number of benzene rings is 1. The molecule has 0 aliphatic carbocycles. The van der Waals surface area contributed by atoms with Gasteiger partial charge in [-0.05, 0) is 12.5 Å². The summed E-state index contributed by atoms with van der Waals surface area (Å²) in [6.07, 6.45) is 4.71. The van der Waals surface area contributed by atoms with Gasteiger partial charge >= 0.3 is 0 Å². The van der Waals surface area contributed by atoms with Crippen LogP contribution in [0.15, 0.2) is 23.9 Å². The lowest BCUT2D eigenvalue weighted by molar-refractivity contribution is -0.422. The molecule has 5 nitrogen and oxygen atoms in total. The van der Waals surface area contributed by atoms with Gasteiger partial charge in [0.15, 0.2) is 11.5 Å². The van der Waals surface area contributed by atoms with Crippen LogP contribution in [0.5, 0.6) is 11.5 Å². The molecular formula is C15H21NO4. The normalized spacial score (nSPS) is 11.2. The molecule has 1 aromatic rings. The van der Waals surface area contributed by atoms with Gasteiger partial charge in [0.25, 0.3) is 0 Å². The van der Waals surface area contributed by atoms with E-state index >= 15 is 0 Å². The van der Waals surface area contributed by atoms with Crippen molar-refractivity contribution in [1.29, 1.82) is 0 Å². The van der Waals surface area contributed by atoms with Crippen molar-refractivity contribution in [3.63, 3.8) is 0 Å². The van der Waals surface area contributed by atoms with E-state index in [1.165, 1.54) is 20.1 Å². The Bertz CT molecular complexity index is 483. The third-order valence-corrected chi connectivity index (χ3v) is 2.87. The highest BCUT2D eigenvalue weighted by Gasteiger charge is 2.11. The van der Waals surface area contributed by atoms with E-state index in [4.69, 9.17) is 9.47 Å². The second-order valence-corrected chi connectivity index (χ2v) is 4.48. The summed E-state index contributed by atoms with van der Waals surface area (Å²) in [4.78, 5) is 10.3. The molecule has 0 bridgehead atoms. The zero-order valence-electron chi connectivity index (χ0n) is 12.2. The number of nitro groups is 1. The first-order valence-electron chi connectivity index (χ1n) is 6.72. The van der Waals surface area contributed by atoms with E-state index in [9.17, 15) is 10.1 Å². The van der Waals surface area contributed by atoms with Crippen LogP contribution in [0.3, 0.4) is 0 Å². The molecule has 0 aromatic heterocycles. The Hall–Kier alpha value is -2.04. The van der Waals surface area contributed by atoms with Crippen LogP contribution in [-0.4, -0.2) is 18.6 Å². The lowest BCUT2D eigenvalue weighted by Gasteiger charge is -2.12. The minimum atomic E-state index is -0.422. The second-order valence-electron chi connectivity index (χ2n) is 4.48. The lowest BCUT2D eigenvalue weighted by atomic mass is 10.1. The summed E-state index contributed by atoms with van der Waals surface area (Å²) in [7, 11) is 1.53. The molecule has 0 radical (unpaired) electrons. The van der Waals surface area contributed by atoms with Crippen LogP contribution in [0.4, 0.5) is 0 Å². The van der Waals surface area contributed by atoms with Gasteiger partial charge in [0.05, 0.1) is 18.6 Å². The van der Waals surface area contributed by atoms with Gasteiger partial charge < -0.3 is 9.47 Å². The van der Waals surface area contributed by atoms with Gasteiger partial charge in [0.1, 0.15) is 0 Å². The molecule has 1 aromatic carbocycles. The Labute approximate surface area is 119 Å². The zero-order chi connectivity index (χ0) is 15.0. The van der Waals surface area contributed by atoms with Crippen LogP contribution < -0.4 is 9.47 Å². The van der Waals surface area contributed by atoms with E-state index in [-0.39, 0.29) is 5.70 Å². The van der Waals surface area contributed by atoms with Crippen molar-refractivity contribution in [1.82, 2.24) is 0 Å². The largest absolute Gasteiger partial charge is 0.492 e. The molecule has 1 rings (SSSR count). The average molecular weight is 279 g/mol. The van der Waals surface area contributed by atoms with Crippen molar-refractivity contribution in [2.24, 2.45) is 0 Å². The van der Waals surface area contributed by atoms with E-state index in [0.717, 1.165) is 19.3 Å². The fourth-order valence-electron chi connectivity index (χ4n) is 1.79. The van der Waals surface area contributed by atoms with Crippen molar-refractivity contribution in [3.8, 4) is 11.5 Å². The summed E-state index contributed by atoms with van der Waals surface area (Å²) in [6.45, 7) is 4.20. The number of unbranched alkanes of at least 4 members (excludes halogenated alkanes) is 2. The Balaban J connectivity index is 2.92. The molecule has 20 heavy (non-hydrogen) atoms. The third-order valence-electron chi connectivity index (χ3n) is 2.87. The van der Waals surface area contributed by atoms with Crippen molar-refractivity contribution in [2.75, 3.05) is 13.7 Å². The SMILES string of the molecule is CCCCCOc1cccc(/C=C(\C)[N+](=O)[O-])c1OC. The Morgan fingerprint density at radius 3 is 2.75 bits per heavy atom. The van der Waals surface area contributed by atoms with E-state index < -0.39 is 4.92 Å². The fraction of sp³-hybridized carbons (Fsp3) is 0.467. The number of allylic oxidation sites excluding steroid dienone is 1. The number of rotatable bonds is 8. The summed E-state index contributed by atoms with van der Waals surface area (Å²) in [5.74, 6) is 1.15. The first-order valence-corrected chi connectivity index (χ1v) is 6.72. The van der Waals surface area contributed by atoms with Crippen LogP contribution in [-0.2, 0) is 0 Å². The van der Waals surface area contributed by atoms with Gasteiger partial charge in [0.2, 0.25) is 5.70 Å². The molecule has 0 fully saturated rings. The van der Waals surface area contributed by atoms with Crippen molar-refractivity contribution < 1.29 is 14.4 Å². The van der Waals surface area contributed by atoms with Gasteiger partial charge in [-0.3, -0.25) is 10.1 Å². The first kappa shape index (κ1) is 16.0. The van der Waals surface area contributed by atoms with Crippen molar-refractivity contribution in [2.45, 2.75) is 33.1 Å². The molecule has 0 spiro atoms. The van der Waals surface area contributed by atoms with Crippen molar-refractivity contribution in [3.05, 3.63) is 39.6 Å². The van der Waals surface area contributed by atoms with Gasteiger partial charge in [-0.2, -0.15) is 0 Å². The maximum atomic E-state index is 10.7. The average Bonchev–Trinajstić information content (AvgIpc) is 2.43. The molecule has 0 heterocycles. The van der Waals surface area contributed by atoms with Gasteiger partial charge in [0, 0.05) is 18.6 Å². The Morgan fingerprint density at radius 2 is 2.15 bits per heavy atom. The molecular weight excluding hydrogens is 258 g/mol. The minimum Gasteiger partial charge on any atom is -0.492 e. The van der Waals surface area contributed by atoms with Crippen LogP contribution in [0.2, 0.25) is 0 Å². The predicted molar refractivity (Wildman–Crippen MR) is 78.7 cm³/mol. The first-order chi connectivity index (χ1) is 9.60. The molecule has 0 saturated carbocycles. The smallest absolute Gasteiger partial charge is 0.243 e. The zero-order valence-corrected chi connectivity index (χ0v) is 12.2. The number of ether oxygens (including phenoxy) is 2. The number of hydrogen-bond acceptors (Lipinski definition) is 4. The van der Waals surface area contributed by atoms with Gasteiger partial charge in [-0.15, -0.1) is 0 Å². The molecule has 0 N–H and O–H groups in total. The molecule has 0 unspecified atom stereocenters. The maximum Gasteiger partial charge on any atom is 0.243 e. The lowest BCUT2D eigenvalue weighted by Crippen LogP contribution is -2.01. The predicted octanol–water partition coefficient (Wildman–Crippen LogP) is 3.90. The Morgan fingerprint density at radius 1 is 1.40 bits per heavy atom. The molecule has 0 aliphatic rings. The van der Waals surface area contributed by atoms with E-state index in [1.807, 2.05) is 6.07 Å². The highest BCUT2D eigenvalue weighted by atomic mass is 16.6. The third kappa shape index (κ3) is 4.57. The number of para-hydroxylation sites is 1. The van der Waals surface area contributed by atoms with Crippen LogP contribution in [0.1, 0.15) is 38.7 Å². The molecule has 0 amide bonds. The summed E-state index contributed by atoms with van der Waals surface area (Å²) in [5.41, 5.74) is 0.709. The molecule has 0 atom stereocenters. The monoisotopic (exact) mass is 279 g/mol. The Kier molecular flexibility index (Phi) is 6.56. The van der Waals surface area contributed by atoms with Gasteiger partial charge in [-0.1, -0.05) is 31.9 Å². The van der Waals surface area contributed by atoms with Gasteiger partial charge in [-0.25, -0.2) is 0 Å². The highest BCUT2D eigenvalue weighted by molar-refractivity contribution is 5.63. The summed E-state index contributed by atoms with van der Waals surface area (Å²) >= 11 is 0. The fourth-order valence-corrected chi connectivity index (χ4v) is 1.79. The molecule has 110 valence electrons. The maximum absolute atomic E-state index is 10.7. The summed E-state index contributed by atoms with van der Waals surface area (Å²) in [6, 6.07) is 5.38. The van der Waals surface area contributed by atoms with E-state index in [1.54, 1.807) is 12.1 Å². The highest BCUT2D eigenvalue weighted by Crippen LogP contribution is 2.32. The molecule has 0 aliphatic heterocycles. The molecule has 5 heteroatoms. The number of methoxy groups -OCH3 is 1. The second kappa shape index (κ2) is 8.19. The minimum absolute atomic E-state index is 0.0615. The topological polar surface area (TPSA) is 61.6 Å². The van der Waals surface area contributed by atoms with E-state index in [0.29, 0.717) is 23.7 Å². The van der Waals surface area contributed by atoms with Crippen LogP contribution >= 0.6 is 0 Å². The summed E-state index contributed by atoms with van der Waals surface area (Å²) < 4.78 is 11.0.